The standard InChI is InChI=1S/C7H17NO5S.Na.H/c1-7(2,5-9)8-3-6(10)4-14(11,12)13;;/h6,8-10H,3-5H2,1-2H3,(H,11,12,13);;/q;+1;-1. The number of aliphatic hydroxyl groups excluding tert-OH is 2. The molecule has 0 bridgehead atoms. The van der Waals surface area contributed by atoms with Gasteiger partial charge in [-0.15, -0.1) is 0 Å². The summed E-state index contributed by atoms with van der Waals surface area (Å²) in [5.41, 5.74) is -0.583. The third kappa shape index (κ3) is 11.1. The van der Waals surface area contributed by atoms with Crippen LogP contribution < -0.4 is 34.9 Å². The van der Waals surface area contributed by atoms with Crippen LogP contribution in [-0.4, -0.2) is 53.7 Å². The SMILES string of the molecule is CC(C)(CO)NCC(O)CS(=O)(=O)O.[H-].[Na+]. The molecular formula is C7H18NNaO5S. The Bertz CT molecular complexity index is 272. The summed E-state index contributed by atoms with van der Waals surface area (Å²) in [6.45, 7) is 3.26. The summed E-state index contributed by atoms with van der Waals surface area (Å²) >= 11 is 0. The molecule has 0 aromatic heterocycles. The molecule has 1 atom stereocenters. The number of hydrogen-bond donors (Lipinski definition) is 4. The van der Waals surface area contributed by atoms with Gasteiger partial charge in [0.1, 0.15) is 5.75 Å². The fourth-order valence-electron chi connectivity index (χ4n) is 0.752. The van der Waals surface area contributed by atoms with Gasteiger partial charge in [-0.25, -0.2) is 0 Å². The molecule has 0 saturated heterocycles. The Balaban J connectivity index is -0.000000845. The van der Waals surface area contributed by atoms with E-state index in [4.69, 9.17) is 14.8 Å². The number of nitrogens with one attached hydrogen (secondary N) is 1. The van der Waals surface area contributed by atoms with E-state index in [1.165, 1.54) is 0 Å². The molecule has 0 aliphatic rings. The van der Waals surface area contributed by atoms with Gasteiger partial charge in [-0.3, -0.25) is 4.55 Å². The van der Waals surface area contributed by atoms with E-state index >= 15 is 0 Å². The molecular weight excluding hydrogens is 233 g/mol. The predicted octanol–water partition coefficient (Wildman–Crippen LogP) is -4.29. The minimum atomic E-state index is -4.15. The third-order valence-electron chi connectivity index (χ3n) is 1.61. The third-order valence-corrected chi connectivity index (χ3v) is 2.42. The maximum absolute atomic E-state index is 10.4. The van der Waals surface area contributed by atoms with Gasteiger partial charge in [0.05, 0.1) is 12.7 Å². The first-order valence-corrected chi connectivity index (χ1v) is 5.76. The fourth-order valence-corrected chi connectivity index (χ4v) is 1.36. The zero-order valence-electron chi connectivity index (χ0n) is 10.3. The van der Waals surface area contributed by atoms with E-state index in [0.29, 0.717) is 0 Å². The molecule has 8 heteroatoms. The summed E-state index contributed by atoms with van der Waals surface area (Å²) < 4.78 is 29.1. The second kappa shape index (κ2) is 7.18. The summed E-state index contributed by atoms with van der Waals surface area (Å²) in [5.74, 6) is -0.707. The van der Waals surface area contributed by atoms with Crippen molar-refractivity contribution >= 4 is 10.1 Å². The first-order valence-electron chi connectivity index (χ1n) is 4.15. The minimum absolute atomic E-state index is 0. The van der Waals surface area contributed by atoms with Crippen LogP contribution in [0.25, 0.3) is 0 Å². The predicted molar refractivity (Wildman–Crippen MR) is 52.7 cm³/mol. The average Bonchev–Trinajstić information content (AvgIpc) is 1.98. The zero-order valence-corrected chi connectivity index (χ0v) is 12.1. The van der Waals surface area contributed by atoms with Crippen LogP contribution in [0.15, 0.2) is 0 Å². The van der Waals surface area contributed by atoms with Crippen LogP contribution in [0, 0.1) is 0 Å². The maximum atomic E-state index is 10.4. The monoisotopic (exact) mass is 251 g/mol. The normalized spacial score (nSPS) is 14.5. The Labute approximate surface area is 114 Å². The largest absolute Gasteiger partial charge is 1.00 e. The summed E-state index contributed by atoms with van der Waals surface area (Å²) in [6, 6.07) is 0. The topological polar surface area (TPSA) is 107 Å². The molecule has 0 heterocycles. The Hall–Kier alpha value is 0.790. The molecule has 0 aromatic rings. The molecule has 0 spiro atoms. The Morgan fingerprint density at radius 2 is 1.93 bits per heavy atom. The summed E-state index contributed by atoms with van der Waals surface area (Å²) in [6.07, 6.45) is -1.18. The first-order chi connectivity index (χ1) is 6.16. The number of rotatable bonds is 6. The van der Waals surface area contributed by atoms with E-state index in [1.807, 2.05) is 0 Å². The van der Waals surface area contributed by atoms with Gasteiger partial charge in [-0.05, 0) is 13.8 Å². The van der Waals surface area contributed by atoms with Crippen LogP contribution in [0.3, 0.4) is 0 Å². The van der Waals surface area contributed by atoms with Crippen molar-refractivity contribution in [2.75, 3.05) is 18.9 Å². The van der Waals surface area contributed by atoms with Crippen molar-refractivity contribution in [3.8, 4) is 0 Å². The van der Waals surface area contributed by atoms with E-state index in [9.17, 15) is 8.42 Å². The van der Waals surface area contributed by atoms with Crippen molar-refractivity contribution in [3.05, 3.63) is 0 Å². The first kappa shape index (κ1) is 18.2. The van der Waals surface area contributed by atoms with Gasteiger partial charge in [0, 0.05) is 12.1 Å². The minimum Gasteiger partial charge on any atom is -1.00 e. The Morgan fingerprint density at radius 3 is 2.27 bits per heavy atom. The number of β-amino-alcohol motifs (C(OH)–C–C–N with tert-alkyl or cyclic N) is 1. The number of aliphatic hydroxyl groups is 2. The van der Waals surface area contributed by atoms with Crippen molar-refractivity contribution in [2.24, 2.45) is 0 Å². The zero-order chi connectivity index (χ0) is 11.4. The molecule has 0 radical (unpaired) electrons. The van der Waals surface area contributed by atoms with Crippen LogP contribution in [0.2, 0.25) is 0 Å². The van der Waals surface area contributed by atoms with E-state index in [-0.39, 0.29) is 44.1 Å². The fraction of sp³-hybridized carbons (Fsp3) is 1.00. The van der Waals surface area contributed by atoms with Gasteiger partial charge in [-0.1, -0.05) is 0 Å². The molecule has 4 N–H and O–H groups in total. The van der Waals surface area contributed by atoms with Crippen LogP contribution in [0.4, 0.5) is 0 Å². The molecule has 0 aliphatic carbocycles. The van der Waals surface area contributed by atoms with Gasteiger partial charge < -0.3 is 17.0 Å². The van der Waals surface area contributed by atoms with Crippen molar-refractivity contribution < 1.29 is 54.2 Å². The second-order valence-corrected chi connectivity index (χ2v) is 5.32. The Morgan fingerprint density at radius 1 is 1.47 bits per heavy atom. The molecule has 0 aliphatic heterocycles. The molecule has 0 rings (SSSR count). The van der Waals surface area contributed by atoms with Crippen LogP contribution in [0.5, 0.6) is 0 Å². The van der Waals surface area contributed by atoms with Gasteiger partial charge >= 0.3 is 29.6 Å². The molecule has 0 amide bonds. The van der Waals surface area contributed by atoms with Crippen LogP contribution >= 0.6 is 0 Å². The van der Waals surface area contributed by atoms with Crippen molar-refractivity contribution in [1.29, 1.82) is 0 Å². The van der Waals surface area contributed by atoms with Gasteiger partial charge in [-0.2, -0.15) is 8.42 Å². The van der Waals surface area contributed by atoms with E-state index in [1.54, 1.807) is 13.8 Å². The van der Waals surface area contributed by atoms with Gasteiger partial charge in [0.25, 0.3) is 10.1 Å². The van der Waals surface area contributed by atoms with Crippen molar-refractivity contribution in [1.82, 2.24) is 5.32 Å². The average molecular weight is 251 g/mol. The molecule has 15 heavy (non-hydrogen) atoms. The quantitative estimate of drug-likeness (QED) is 0.281. The molecule has 0 aromatic carbocycles. The molecule has 0 fully saturated rings. The number of hydrogen-bond acceptors (Lipinski definition) is 5. The van der Waals surface area contributed by atoms with Gasteiger partial charge in [0.15, 0.2) is 0 Å². The van der Waals surface area contributed by atoms with E-state index < -0.39 is 27.5 Å². The van der Waals surface area contributed by atoms with Crippen LogP contribution in [0.1, 0.15) is 15.3 Å². The summed E-state index contributed by atoms with van der Waals surface area (Å²) in [7, 11) is -4.15. The van der Waals surface area contributed by atoms with Crippen molar-refractivity contribution in [3.63, 3.8) is 0 Å². The smallest absolute Gasteiger partial charge is 1.00 e. The summed E-state index contributed by atoms with van der Waals surface area (Å²) in [5, 5.41) is 20.7. The molecule has 1 unspecified atom stereocenters. The molecule has 6 nitrogen and oxygen atoms in total. The van der Waals surface area contributed by atoms with E-state index in [0.717, 1.165) is 0 Å². The summed E-state index contributed by atoms with van der Waals surface area (Å²) in [4.78, 5) is 0. The second-order valence-electron chi connectivity index (χ2n) is 3.83. The Kier molecular flexibility index (Phi) is 8.70. The van der Waals surface area contributed by atoms with E-state index in [2.05, 4.69) is 5.32 Å². The van der Waals surface area contributed by atoms with Crippen molar-refractivity contribution in [2.45, 2.75) is 25.5 Å². The van der Waals surface area contributed by atoms with Gasteiger partial charge in [0.2, 0.25) is 0 Å². The molecule has 0 saturated carbocycles. The maximum Gasteiger partial charge on any atom is 1.00 e. The molecule has 88 valence electrons. The van der Waals surface area contributed by atoms with Crippen LogP contribution in [-0.2, 0) is 10.1 Å².